The summed E-state index contributed by atoms with van der Waals surface area (Å²) < 4.78 is 0. The number of aromatic nitrogens is 3. The van der Waals surface area contributed by atoms with E-state index in [0.29, 0.717) is 0 Å². The van der Waals surface area contributed by atoms with Crippen molar-refractivity contribution < 1.29 is 4.79 Å². The molecule has 0 saturated carbocycles. The molecule has 0 aliphatic heterocycles. The molecule has 1 rings (SSSR count). The van der Waals surface area contributed by atoms with Crippen LogP contribution >= 0.6 is 11.8 Å². The minimum atomic E-state index is -0.102. The first-order chi connectivity index (χ1) is 8.63. The Kier molecular flexibility index (Phi) is 6.18. The van der Waals surface area contributed by atoms with Gasteiger partial charge in [0, 0.05) is 25.3 Å². The molecule has 1 amide bonds. The molecule has 1 N–H and O–H groups in total. The van der Waals surface area contributed by atoms with Crippen LogP contribution in [0.5, 0.6) is 0 Å². The summed E-state index contributed by atoms with van der Waals surface area (Å²) >= 11 is 1.75. The zero-order valence-electron chi connectivity index (χ0n) is 11.6. The van der Waals surface area contributed by atoms with E-state index in [1.807, 2.05) is 13.3 Å². The lowest BCUT2D eigenvalue weighted by molar-refractivity contribution is 0.0731. The first-order valence-electron chi connectivity index (χ1n) is 6.31. The summed E-state index contributed by atoms with van der Waals surface area (Å²) in [6.45, 7) is 4.16. The Morgan fingerprint density at radius 1 is 1.50 bits per heavy atom. The first-order valence-corrected chi connectivity index (χ1v) is 7.70. The van der Waals surface area contributed by atoms with Crippen LogP contribution in [-0.4, -0.2) is 51.1 Å². The highest BCUT2D eigenvalue weighted by molar-refractivity contribution is 7.98. The molecule has 0 spiro atoms. The minimum absolute atomic E-state index is 0.102. The number of hydrogen-bond acceptors (Lipinski definition) is 4. The van der Waals surface area contributed by atoms with Crippen LogP contribution in [0.4, 0.5) is 0 Å². The second kappa shape index (κ2) is 7.41. The van der Waals surface area contributed by atoms with Crippen LogP contribution < -0.4 is 0 Å². The van der Waals surface area contributed by atoms with Crippen molar-refractivity contribution in [3.05, 3.63) is 11.6 Å². The third-order valence-corrected chi connectivity index (χ3v) is 3.63. The highest BCUT2D eigenvalue weighted by atomic mass is 32.2. The maximum absolute atomic E-state index is 12.2. The molecular formula is C12H22N4OS. The van der Waals surface area contributed by atoms with Crippen molar-refractivity contribution in [1.82, 2.24) is 20.1 Å². The van der Waals surface area contributed by atoms with Gasteiger partial charge in [0.05, 0.1) is 0 Å². The lowest BCUT2D eigenvalue weighted by Crippen LogP contribution is -2.38. The Labute approximate surface area is 113 Å². The van der Waals surface area contributed by atoms with Crippen molar-refractivity contribution in [2.75, 3.05) is 19.1 Å². The van der Waals surface area contributed by atoms with Gasteiger partial charge in [0.1, 0.15) is 5.82 Å². The molecule has 1 aromatic rings. The average molecular weight is 270 g/mol. The maximum atomic E-state index is 12.2. The molecule has 1 heterocycles. The zero-order chi connectivity index (χ0) is 13.5. The van der Waals surface area contributed by atoms with E-state index in [1.54, 1.807) is 16.7 Å². The van der Waals surface area contributed by atoms with E-state index >= 15 is 0 Å². The number of hydrogen-bond donors (Lipinski definition) is 1. The van der Waals surface area contributed by atoms with Gasteiger partial charge in [0.15, 0.2) is 0 Å². The van der Waals surface area contributed by atoms with Gasteiger partial charge in [-0.3, -0.25) is 9.89 Å². The molecule has 0 aromatic carbocycles. The van der Waals surface area contributed by atoms with Gasteiger partial charge in [-0.1, -0.05) is 13.8 Å². The standard InChI is InChI=1S/C12H22N4OS/c1-5-7-10-13-11(15-14-10)12(17)16(3)9(6-2)8-18-4/h9H,5-8H2,1-4H3,(H,13,14,15). The zero-order valence-corrected chi connectivity index (χ0v) is 12.4. The molecule has 1 aromatic heterocycles. The van der Waals surface area contributed by atoms with Crippen LogP contribution in [-0.2, 0) is 6.42 Å². The highest BCUT2D eigenvalue weighted by Gasteiger charge is 2.22. The van der Waals surface area contributed by atoms with Crippen molar-refractivity contribution in [2.45, 2.75) is 39.2 Å². The fourth-order valence-electron chi connectivity index (χ4n) is 1.76. The molecule has 0 aliphatic rings. The fourth-order valence-corrected chi connectivity index (χ4v) is 2.60. The Balaban J connectivity index is 2.71. The topological polar surface area (TPSA) is 61.9 Å². The van der Waals surface area contributed by atoms with E-state index in [0.717, 1.165) is 30.8 Å². The number of carbonyl (C=O) groups excluding carboxylic acids is 1. The number of aryl methyl sites for hydroxylation is 1. The molecular weight excluding hydrogens is 248 g/mol. The fraction of sp³-hybridized carbons (Fsp3) is 0.750. The molecule has 0 aliphatic carbocycles. The van der Waals surface area contributed by atoms with Gasteiger partial charge in [-0.25, -0.2) is 4.98 Å². The van der Waals surface area contributed by atoms with E-state index in [1.165, 1.54) is 0 Å². The van der Waals surface area contributed by atoms with Gasteiger partial charge in [-0.05, 0) is 19.1 Å². The smallest absolute Gasteiger partial charge is 0.293 e. The van der Waals surface area contributed by atoms with Crippen molar-refractivity contribution in [2.24, 2.45) is 0 Å². The number of amides is 1. The van der Waals surface area contributed by atoms with Gasteiger partial charge in [-0.2, -0.15) is 11.8 Å². The van der Waals surface area contributed by atoms with Crippen molar-refractivity contribution in [3.63, 3.8) is 0 Å². The summed E-state index contributed by atoms with van der Waals surface area (Å²) in [5, 5.41) is 6.82. The quantitative estimate of drug-likeness (QED) is 0.823. The van der Waals surface area contributed by atoms with Crippen LogP contribution in [0.2, 0.25) is 0 Å². The Bertz CT molecular complexity index is 380. The summed E-state index contributed by atoms with van der Waals surface area (Å²) in [5.74, 6) is 1.90. The van der Waals surface area contributed by atoms with Crippen LogP contribution in [0, 0.1) is 0 Å². The molecule has 0 bridgehead atoms. The van der Waals surface area contributed by atoms with E-state index in [4.69, 9.17) is 0 Å². The summed E-state index contributed by atoms with van der Waals surface area (Å²) in [4.78, 5) is 18.2. The van der Waals surface area contributed by atoms with Crippen LogP contribution in [0.25, 0.3) is 0 Å². The molecule has 0 fully saturated rings. The van der Waals surface area contributed by atoms with Gasteiger partial charge in [0.2, 0.25) is 5.82 Å². The number of nitrogens with one attached hydrogen (secondary N) is 1. The van der Waals surface area contributed by atoms with Crippen molar-refractivity contribution in [1.29, 1.82) is 0 Å². The first kappa shape index (κ1) is 15.0. The number of aromatic amines is 1. The molecule has 102 valence electrons. The van der Waals surface area contributed by atoms with E-state index in [-0.39, 0.29) is 17.8 Å². The normalized spacial score (nSPS) is 12.4. The van der Waals surface area contributed by atoms with Crippen molar-refractivity contribution >= 4 is 17.7 Å². The summed E-state index contributed by atoms with van der Waals surface area (Å²) in [5.41, 5.74) is 0. The van der Waals surface area contributed by atoms with Crippen LogP contribution in [0.15, 0.2) is 0 Å². The second-order valence-corrected chi connectivity index (χ2v) is 5.20. The molecule has 1 unspecified atom stereocenters. The maximum Gasteiger partial charge on any atom is 0.293 e. The number of carbonyl (C=O) groups is 1. The second-order valence-electron chi connectivity index (χ2n) is 4.29. The Morgan fingerprint density at radius 3 is 2.78 bits per heavy atom. The SMILES string of the molecule is CCCc1nc(C(=O)N(C)C(CC)CSC)n[nH]1. The number of H-pyrrole nitrogens is 1. The van der Waals surface area contributed by atoms with E-state index < -0.39 is 0 Å². The van der Waals surface area contributed by atoms with Gasteiger partial charge in [0.25, 0.3) is 5.91 Å². The monoisotopic (exact) mass is 270 g/mol. The summed E-state index contributed by atoms with van der Waals surface area (Å²) in [6, 6.07) is 0.237. The number of nitrogens with zero attached hydrogens (tertiary/aromatic N) is 3. The minimum Gasteiger partial charge on any atom is -0.335 e. The van der Waals surface area contributed by atoms with Crippen molar-refractivity contribution in [3.8, 4) is 0 Å². The predicted molar refractivity (Wildman–Crippen MR) is 74.9 cm³/mol. The van der Waals surface area contributed by atoms with E-state index in [2.05, 4.69) is 29.0 Å². The van der Waals surface area contributed by atoms with Crippen LogP contribution in [0.1, 0.15) is 43.1 Å². The van der Waals surface area contributed by atoms with Crippen LogP contribution in [0.3, 0.4) is 0 Å². The summed E-state index contributed by atoms with van der Waals surface area (Å²) in [7, 11) is 1.82. The lowest BCUT2D eigenvalue weighted by atomic mass is 10.2. The molecule has 1 atom stereocenters. The largest absolute Gasteiger partial charge is 0.335 e. The average Bonchev–Trinajstić information content (AvgIpc) is 2.83. The number of thioether (sulfide) groups is 1. The molecule has 6 heteroatoms. The molecule has 0 radical (unpaired) electrons. The third-order valence-electron chi connectivity index (χ3n) is 2.91. The Hall–Kier alpha value is -1.04. The highest BCUT2D eigenvalue weighted by Crippen LogP contribution is 2.11. The third kappa shape index (κ3) is 3.73. The summed E-state index contributed by atoms with van der Waals surface area (Å²) in [6.07, 6.45) is 4.80. The van der Waals surface area contributed by atoms with Gasteiger partial charge in [-0.15, -0.1) is 5.10 Å². The van der Waals surface area contributed by atoms with Gasteiger partial charge >= 0.3 is 0 Å². The lowest BCUT2D eigenvalue weighted by Gasteiger charge is -2.25. The predicted octanol–water partition coefficient (Wildman–Crippen LogP) is 1.97. The molecule has 18 heavy (non-hydrogen) atoms. The Morgan fingerprint density at radius 2 is 2.22 bits per heavy atom. The van der Waals surface area contributed by atoms with E-state index in [9.17, 15) is 4.79 Å². The van der Waals surface area contributed by atoms with Gasteiger partial charge < -0.3 is 4.90 Å². The molecule has 0 saturated heterocycles. The molecule has 5 nitrogen and oxygen atoms in total. The number of rotatable bonds is 7.